The molecule has 2 fully saturated rings. The lowest BCUT2D eigenvalue weighted by Crippen LogP contribution is -2.59. The Morgan fingerprint density at radius 2 is 1.64 bits per heavy atom. The maximum absolute atomic E-state index is 11.9. The first-order valence-electron chi connectivity index (χ1n) is 5.82. The second-order valence-electron chi connectivity index (χ2n) is 4.69. The molecule has 1 saturated heterocycles. The zero-order chi connectivity index (χ0) is 9.97. The number of hydrogen-bond acceptors (Lipinski definition) is 2. The van der Waals surface area contributed by atoms with E-state index in [-0.39, 0.29) is 6.04 Å². The highest BCUT2D eigenvalue weighted by molar-refractivity contribution is 5.79. The summed E-state index contributed by atoms with van der Waals surface area (Å²) < 4.78 is 0. The molecule has 0 aromatic rings. The van der Waals surface area contributed by atoms with E-state index in [4.69, 9.17) is 5.73 Å². The second-order valence-corrected chi connectivity index (χ2v) is 4.69. The monoisotopic (exact) mass is 196 g/mol. The first-order chi connectivity index (χ1) is 6.77. The molecule has 1 amide bonds. The van der Waals surface area contributed by atoms with Gasteiger partial charge in [-0.2, -0.15) is 0 Å². The van der Waals surface area contributed by atoms with Crippen molar-refractivity contribution in [3.63, 3.8) is 0 Å². The molecule has 1 aliphatic heterocycles. The van der Waals surface area contributed by atoms with Gasteiger partial charge in [-0.3, -0.25) is 4.79 Å². The van der Waals surface area contributed by atoms with Crippen molar-refractivity contribution in [1.82, 2.24) is 4.90 Å². The van der Waals surface area contributed by atoms with Gasteiger partial charge in [0, 0.05) is 25.0 Å². The largest absolute Gasteiger partial charge is 0.339 e. The van der Waals surface area contributed by atoms with Crippen molar-refractivity contribution >= 4 is 5.91 Å². The Kier molecular flexibility index (Phi) is 3.06. The third-order valence-electron chi connectivity index (χ3n) is 3.43. The van der Waals surface area contributed by atoms with Crippen molar-refractivity contribution < 1.29 is 4.79 Å². The fourth-order valence-corrected chi connectivity index (χ4v) is 2.48. The first kappa shape index (κ1) is 9.97. The smallest absolute Gasteiger partial charge is 0.225 e. The predicted molar refractivity (Wildman–Crippen MR) is 55.7 cm³/mol. The minimum absolute atomic E-state index is 0.240. The minimum atomic E-state index is 0.240. The molecule has 0 spiro atoms. The van der Waals surface area contributed by atoms with Crippen molar-refractivity contribution in [3.05, 3.63) is 0 Å². The highest BCUT2D eigenvalue weighted by Crippen LogP contribution is 2.25. The molecule has 0 aromatic carbocycles. The van der Waals surface area contributed by atoms with E-state index in [1.165, 1.54) is 25.7 Å². The van der Waals surface area contributed by atoms with Crippen molar-refractivity contribution in [2.45, 2.75) is 44.6 Å². The number of carbonyl (C=O) groups is 1. The van der Waals surface area contributed by atoms with E-state index in [1.54, 1.807) is 0 Å². The van der Waals surface area contributed by atoms with Crippen LogP contribution < -0.4 is 5.73 Å². The first-order valence-corrected chi connectivity index (χ1v) is 5.82. The van der Waals surface area contributed by atoms with Crippen LogP contribution in [0.3, 0.4) is 0 Å². The summed E-state index contributed by atoms with van der Waals surface area (Å²) in [6.07, 6.45) is 7.29. The summed E-state index contributed by atoms with van der Waals surface area (Å²) in [6, 6.07) is 0.240. The summed E-state index contributed by atoms with van der Waals surface area (Å²) in [5, 5.41) is 0. The molecule has 0 radical (unpaired) electrons. The zero-order valence-corrected chi connectivity index (χ0v) is 8.74. The Hall–Kier alpha value is -0.570. The molecule has 0 unspecified atom stereocenters. The molecule has 80 valence electrons. The van der Waals surface area contributed by atoms with Crippen molar-refractivity contribution in [1.29, 1.82) is 0 Å². The highest BCUT2D eigenvalue weighted by atomic mass is 16.2. The van der Waals surface area contributed by atoms with Gasteiger partial charge in [0.25, 0.3) is 0 Å². The van der Waals surface area contributed by atoms with E-state index in [1.807, 2.05) is 4.90 Å². The third-order valence-corrected chi connectivity index (χ3v) is 3.43. The Balaban J connectivity index is 1.83. The highest BCUT2D eigenvalue weighted by Gasteiger charge is 2.32. The van der Waals surface area contributed by atoms with E-state index in [0.29, 0.717) is 11.8 Å². The summed E-state index contributed by atoms with van der Waals surface area (Å²) in [5.41, 5.74) is 5.67. The predicted octanol–water partition coefficient (Wildman–Crippen LogP) is 1.13. The zero-order valence-electron chi connectivity index (χ0n) is 8.74. The van der Waals surface area contributed by atoms with Gasteiger partial charge in [0.2, 0.25) is 5.91 Å². The van der Waals surface area contributed by atoms with E-state index < -0.39 is 0 Å². The molecule has 0 bridgehead atoms. The molecule has 2 rings (SSSR count). The lowest BCUT2D eigenvalue weighted by molar-refractivity contribution is -0.140. The Morgan fingerprint density at radius 3 is 2.14 bits per heavy atom. The molecule has 3 nitrogen and oxygen atoms in total. The third kappa shape index (κ3) is 2.08. The van der Waals surface area contributed by atoms with Gasteiger partial charge in [0.15, 0.2) is 0 Å². The van der Waals surface area contributed by atoms with E-state index in [9.17, 15) is 4.79 Å². The molecular formula is C11H20N2O. The molecule has 0 aromatic heterocycles. The molecule has 1 saturated carbocycles. The van der Waals surface area contributed by atoms with Crippen LogP contribution in [-0.4, -0.2) is 29.9 Å². The van der Waals surface area contributed by atoms with Gasteiger partial charge < -0.3 is 10.6 Å². The van der Waals surface area contributed by atoms with Crippen LogP contribution in [0.1, 0.15) is 38.5 Å². The van der Waals surface area contributed by atoms with E-state index >= 15 is 0 Å². The molecule has 2 aliphatic rings. The second kappa shape index (κ2) is 4.30. The van der Waals surface area contributed by atoms with Crippen LogP contribution in [0.15, 0.2) is 0 Å². The number of nitrogens with zero attached hydrogens (tertiary/aromatic N) is 1. The molecule has 1 aliphatic carbocycles. The fraction of sp³-hybridized carbons (Fsp3) is 0.909. The summed E-state index contributed by atoms with van der Waals surface area (Å²) in [6.45, 7) is 1.57. The van der Waals surface area contributed by atoms with E-state index in [2.05, 4.69) is 0 Å². The van der Waals surface area contributed by atoms with Gasteiger partial charge in [-0.1, -0.05) is 25.7 Å². The normalized spacial score (nSPS) is 25.6. The number of likely N-dealkylation sites (tertiary alicyclic amines) is 1. The van der Waals surface area contributed by atoms with Gasteiger partial charge in [0.05, 0.1) is 0 Å². The Morgan fingerprint density at radius 1 is 1.07 bits per heavy atom. The SMILES string of the molecule is NC1CN(C(=O)C2CCCCCC2)C1. The Bertz CT molecular complexity index is 203. The quantitative estimate of drug-likeness (QED) is 0.639. The van der Waals surface area contributed by atoms with Crippen LogP contribution in [0.25, 0.3) is 0 Å². The average molecular weight is 196 g/mol. The fourth-order valence-electron chi connectivity index (χ4n) is 2.48. The minimum Gasteiger partial charge on any atom is -0.339 e. The number of amides is 1. The van der Waals surface area contributed by atoms with Gasteiger partial charge in [-0.05, 0) is 12.8 Å². The molecule has 1 heterocycles. The van der Waals surface area contributed by atoms with Gasteiger partial charge in [-0.25, -0.2) is 0 Å². The number of nitrogens with two attached hydrogens (primary N) is 1. The molecular weight excluding hydrogens is 176 g/mol. The van der Waals surface area contributed by atoms with Crippen LogP contribution in [0.5, 0.6) is 0 Å². The van der Waals surface area contributed by atoms with Crippen LogP contribution in [0, 0.1) is 5.92 Å². The lowest BCUT2D eigenvalue weighted by atomic mass is 9.96. The molecule has 14 heavy (non-hydrogen) atoms. The van der Waals surface area contributed by atoms with Crippen LogP contribution in [0.4, 0.5) is 0 Å². The van der Waals surface area contributed by atoms with Crippen molar-refractivity contribution in [2.24, 2.45) is 11.7 Å². The summed E-state index contributed by atoms with van der Waals surface area (Å²) in [4.78, 5) is 13.9. The van der Waals surface area contributed by atoms with Crippen LogP contribution in [-0.2, 0) is 4.79 Å². The molecule has 2 N–H and O–H groups in total. The summed E-state index contributed by atoms with van der Waals surface area (Å²) >= 11 is 0. The number of hydrogen-bond donors (Lipinski definition) is 1. The van der Waals surface area contributed by atoms with Crippen molar-refractivity contribution in [2.75, 3.05) is 13.1 Å². The van der Waals surface area contributed by atoms with E-state index in [0.717, 1.165) is 25.9 Å². The van der Waals surface area contributed by atoms with Gasteiger partial charge >= 0.3 is 0 Å². The van der Waals surface area contributed by atoms with Gasteiger partial charge in [-0.15, -0.1) is 0 Å². The van der Waals surface area contributed by atoms with Crippen molar-refractivity contribution in [3.8, 4) is 0 Å². The lowest BCUT2D eigenvalue weighted by Gasteiger charge is -2.39. The van der Waals surface area contributed by atoms with Crippen LogP contribution >= 0.6 is 0 Å². The maximum Gasteiger partial charge on any atom is 0.225 e. The topological polar surface area (TPSA) is 46.3 Å². The summed E-state index contributed by atoms with van der Waals surface area (Å²) in [7, 11) is 0. The van der Waals surface area contributed by atoms with Crippen LogP contribution in [0.2, 0.25) is 0 Å². The standard InChI is InChI=1S/C11H20N2O/c12-10-7-13(8-10)11(14)9-5-3-1-2-4-6-9/h9-10H,1-8,12H2. The molecule has 0 atom stereocenters. The number of carbonyl (C=O) groups excluding carboxylic acids is 1. The Labute approximate surface area is 85.6 Å². The van der Waals surface area contributed by atoms with Gasteiger partial charge in [0.1, 0.15) is 0 Å². The average Bonchev–Trinajstić information content (AvgIpc) is 2.40. The summed E-state index contributed by atoms with van der Waals surface area (Å²) in [5.74, 6) is 0.679. The number of rotatable bonds is 1. The maximum atomic E-state index is 11.9. The molecule has 3 heteroatoms.